The summed E-state index contributed by atoms with van der Waals surface area (Å²) >= 11 is 0. The first-order valence-electron chi connectivity index (χ1n) is 6.68. The molecular weight excluding hydrogens is 231 g/mol. The van der Waals surface area contributed by atoms with E-state index in [1.165, 1.54) is 13.0 Å². The van der Waals surface area contributed by atoms with Crippen molar-refractivity contribution in [1.82, 2.24) is 0 Å². The van der Waals surface area contributed by atoms with E-state index in [1.807, 2.05) is 0 Å². The van der Waals surface area contributed by atoms with Crippen molar-refractivity contribution in [3.63, 3.8) is 0 Å². The van der Waals surface area contributed by atoms with Gasteiger partial charge in [-0.25, -0.2) is 0 Å². The van der Waals surface area contributed by atoms with Crippen LogP contribution in [0.1, 0.15) is 53.4 Å². The molecule has 0 fully saturated rings. The van der Waals surface area contributed by atoms with E-state index in [-0.39, 0.29) is 5.78 Å². The summed E-state index contributed by atoms with van der Waals surface area (Å²) < 4.78 is 16.4. The van der Waals surface area contributed by atoms with Gasteiger partial charge in [-0.2, -0.15) is 0 Å². The molecule has 0 aliphatic rings. The number of unbranched alkanes of at least 4 members (excludes halogenated alkanes) is 2. The molecule has 0 aromatic carbocycles. The molecule has 0 heterocycles. The van der Waals surface area contributed by atoms with Crippen molar-refractivity contribution >= 4 is 13.1 Å². The Labute approximate surface area is 111 Å². The quantitative estimate of drug-likeness (QED) is 0.246. The summed E-state index contributed by atoms with van der Waals surface area (Å²) in [7, 11) is -0.710. The summed E-state index contributed by atoms with van der Waals surface area (Å²) in [5, 5.41) is 0. The van der Waals surface area contributed by atoms with Gasteiger partial charge in [-0.3, -0.25) is 4.79 Å². The number of allylic oxidation sites excluding steroid dienone is 2. The van der Waals surface area contributed by atoms with E-state index in [0.29, 0.717) is 19.0 Å². The van der Waals surface area contributed by atoms with Crippen molar-refractivity contribution in [1.29, 1.82) is 0 Å². The Morgan fingerprint density at radius 1 is 1.06 bits per heavy atom. The summed E-state index contributed by atoms with van der Waals surface area (Å²) in [5.41, 5.74) is 0. The third-order valence-corrected chi connectivity index (χ3v) is 2.19. The Hall–Kier alpha value is -0.805. The third kappa shape index (κ3) is 10.4. The van der Waals surface area contributed by atoms with Crippen LogP contribution in [0.2, 0.25) is 0 Å². The van der Waals surface area contributed by atoms with Gasteiger partial charge in [0.25, 0.3) is 0 Å². The lowest BCUT2D eigenvalue weighted by atomic mass is 10.2. The second-order valence-electron chi connectivity index (χ2n) is 4.22. The molecule has 18 heavy (non-hydrogen) atoms. The highest BCUT2D eigenvalue weighted by Gasteiger charge is 2.23. The van der Waals surface area contributed by atoms with Gasteiger partial charge < -0.3 is 14.0 Å². The molecule has 4 nitrogen and oxygen atoms in total. The van der Waals surface area contributed by atoms with Gasteiger partial charge >= 0.3 is 7.32 Å². The summed E-state index contributed by atoms with van der Waals surface area (Å²) in [5.74, 6) is 0.467. The summed E-state index contributed by atoms with van der Waals surface area (Å²) in [6, 6.07) is 0. The maximum Gasteiger partial charge on any atom is 0.712 e. The molecule has 0 aromatic heterocycles. The molecule has 0 saturated carbocycles. The fourth-order valence-electron chi connectivity index (χ4n) is 1.24. The highest BCUT2D eigenvalue weighted by atomic mass is 16.7. The van der Waals surface area contributed by atoms with Crippen LogP contribution < -0.4 is 0 Å². The van der Waals surface area contributed by atoms with E-state index >= 15 is 0 Å². The summed E-state index contributed by atoms with van der Waals surface area (Å²) in [4.78, 5) is 10.9. The zero-order valence-corrected chi connectivity index (χ0v) is 12.0. The number of carbonyl (C=O) groups is 1. The summed E-state index contributed by atoms with van der Waals surface area (Å²) in [6.45, 7) is 8.59. The Morgan fingerprint density at radius 2 is 1.56 bits per heavy atom. The van der Waals surface area contributed by atoms with Crippen molar-refractivity contribution in [2.45, 2.75) is 53.4 Å². The zero-order valence-electron chi connectivity index (χ0n) is 12.0. The van der Waals surface area contributed by atoms with Crippen molar-refractivity contribution in [3.8, 4) is 0 Å². The molecule has 104 valence electrons. The van der Waals surface area contributed by atoms with Gasteiger partial charge in [0, 0.05) is 19.3 Å². The molecule has 0 bridgehead atoms. The van der Waals surface area contributed by atoms with Crippen LogP contribution in [0, 0.1) is 0 Å². The second kappa shape index (κ2) is 11.3. The van der Waals surface area contributed by atoms with Crippen LogP contribution in [0.5, 0.6) is 0 Å². The third-order valence-electron chi connectivity index (χ3n) is 2.19. The summed E-state index contributed by atoms with van der Waals surface area (Å²) in [6.07, 6.45) is 5.48. The van der Waals surface area contributed by atoms with E-state index in [9.17, 15) is 4.79 Å². The Balaban J connectivity index is 4.13. The van der Waals surface area contributed by atoms with E-state index in [4.69, 9.17) is 14.0 Å². The fraction of sp³-hybridized carbons (Fsp3) is 0.769. The minimum Gasteiger partial charge on any atom is -0.515 e. The number of rotatable bonds is 11. The van der Waals surface area contributed by atoms with Crippen LogP contribution >= 0.6 is 0 Å². The lowest BCUT2D eigenvalue weighted by molar-refractivity contribution is -0.112. The molecule has 0 aliphatic carbocycles. The first kappa shape index (κ1) is 17.2. The van der Waals surface area contributed by atoms with Crippen LogP contribution in [0.3, 0.4) is 0 Å². The van der Waals surface area contributed by atoms with Gasteiger partial charge in [0.1, 0.15) is 0 Å². The Kier molecular flexibility index (Phi) is 10.8. The molecule has 5 heteroatoms. The minimum absolute atomic E-state index is 0.0478. The molecule has 0 unspecified atom stereocenters. The molecule has 0 amide bonds. The molecule has 0 radical (unpaired) electrons. The maximum atomic E-state index is 10.9. The van der Waals surface area contributed by atoms with Gasteiger partial charge in [0.15, 0.2) is 5.78 Å². The molecule has 0 spiro atoms. The van der Waals surface area contributed by atoms with Crippen LogP contribution in [-0.2, 0) is 18.8 Å². The minimum atomic E-state index is -0.710. The largest absolute Gasteiger partial charge is 0.712 e. The number of ketones is 1. The molecule has 0 aromatic rings. The molecule has 0 saturated heterocycles. The monoisotopic (exact) mass is 256 g/mol. The normalized spacial score (nSPS) is 11.4. The Bertz CT molecular complexity index is 243. The van der Waals surface area contributed by atoms with E-state index < -0.39 is 7.32 Å². The van der Waals surface area contributed by atoms with Gasteiger partial charge in [0.2, 0.25) is 0 Å². The van der Waals surface area contributed by atoms with Crippen LogP contribution in [0.4, 0.5) is 0 Å². The molecule has 0 aliphatic heterocycles. The average Bonchev–Trinajstić information content (AvgIpc) is 2.28. The SMILES string of the molecule is CCCCOB(OCCCC)OC(C)=CC(C)=O. The van der Waals surface area contributed by atoms with Crippen molar-refractivity contribution in [2.24, 2.45) is 0 Å². The van der Waals surface area contributed by atoms with E-state index in [0.717, 1.165) is 25.7 Å². The molecule has 0 rings (SSSR count). The average molecular weight is 256 g/mol. The number of hydrogen-bond donors (Lipinski definition) is 0. The standard InChI is InChI=1S/C13H25BO4/c1-5-7-9-16-14(17-10-8-6-2)18-13(4)11-12(3)15/h11H,5-10H2,1-4H3. The van der Waals surface area contributed by atoms with Crippen molar-refractivity contribution in [3.05, 3.63) is 11.8 Å². The van der Waals surface area contributed by atoms with Gasteiger partial charge in [-0.15, -0.1) is 0 Å². The highest BCUT2D eigenvalue weighted by molar-refractivity contribution is 6.36. The van der Waals surface area contributed by atoms with Crippen LogP contribution in [-0.4, -0.2) is 26.3 Å². The predicted molar refractivity (Wildman–Crippen MR) is 73.0 cm³/mol. The molecular formula is C13H25BO4. The van der Waals surface area contributed by atoms with Crippen LogP contribution in [0.15, 0.2) is 11.8 Å². The lowest BCUT2D eigenvalue weighted by Gasteiger charge is -2.15. The first-order valence-corrected chi connectivity index (χ1v) is 6.68. The first-order chi connectivity index (χ1) is 8.60. The topological polar surface area (TPSA) is 44.8 Å². The number of hydrogen-bond acceptors (Lipinski definition) is 4. The smallest absolute Gasteiger partial charge is 0.515 e. The fourth-order valence-corrected chi connectivity index (χ4v) is 1.24. The second-order valence-corrected chi connectivity index (χ2v) is 4.22. The maximum absolute atomic E-state index is 10.9. The zero-order chi connectivity index (χ0) is 13.8. The molecule has 0 N–H and O–H groups in total. The predicted octanol–water partition coefficient (Wildman–Crippen LogP) is 3.11. The van der Waals surface area contributed by atoms with Crippen molar-refractivity contribution < 1.29 is 18.8 Å². The lowest BCUT2D eigenvalue weighted by Crippen LogP contribution is -2.27. The molecule has 0 atom stereocenters. The van der Waals surface area contributed by atoms with Crippen LogP contribution in [0.25, 0.3) is 0 Å². The van der Waals surface area contributed by atoms with E-state index in [1.54, 1.807) is 6.92 Å². The number of carbonyl (C=O) groups excluding carboxylic acids is 1. The highest BCUT2D eigenvalue weighted by Crippen LogP contribution is 2.04. The van der Waals surface area contributed by atoms with Gasteiger partial charge in [0.05, 0.1) is 5.76 Å². The Morgan fingerprint density at radius 3 is 1.94 bits per heavy atom. The van der Waals surface area contributed by atoms with Crippen molar-refractivity contribution in [2.75, 3.05) is 13.2 Å². The van der Waals surface area contributed by atoms with E-state index in [2.05, 4.69) is 13.8 Å². The van der Waals surface area contributed by atoms with Gasteiger partial charge in [-0.05, 0) is 26.7 Å². The van der Waals surface area contributed by atoms with Gasteiger partial charge in [-0.1, -0.05) is 26.7 Å².